The highest BCUT2D eigenvalue weighted by atomic mass is 32.2. The van der Waals surface area contributed by atoms with Crippen LogP contribution in [0.5, 0.6) is 0 Å². The lowest BCUT2D eigenvalue weighted by atomic mass is 9.86. The van der Waals surface area contributed by atoms with Crippen molar-refractivity contribution in [1.82, 2.24) is 5.32 Å². The summed E-state index contributed by atoms with van der Waals surface area (Å²) in [5.41, 5.74) is 4.28. The summed E-state index contributed by atoms with van der Waals surface area (Å²) in [6, 6.07) is 13.4. The Hall–Kier alpha value is -2.34. The minimum Gasteiger partial charge on any atom is -0.346 e. The number of rotatable bonds is 4. The van der Waals surface area contributed by atoms with Crippen LogP contribution in [0.1, 0.15) is 73.6 Å². The number of sulfonamides is 1. The van der Waals surface area contributed by atoms with Gasteiger partial charge >= 0.3 is 0 Å². The van der Waals surface area contributed by atoms with Crippen molar-refractivity contribution in [1.29, 1.82) is 0 Å². The van der Waals surface area contributed by atoms with E-state index in [0.29, 0.717) is 24.2 Å². The predicted octanol–water partition coefficient (Wildman–Crippen LogP) is 4.71. The van der Waals surface area contributed by atoms with E-state index in [-0.39, 0.29) is 23.1 Å². The van der Waals surface area contributed by atoms with Crippen molar-refractivity contribution >= 4 is 21.6 Å². The minimum absolute atomic E-state index is 0.0815. The van der Waals surface area contributed by atoms with Crippen LogP contribution < -0.4 is 9.62 Å². The summed E-state index contributed by atoms with van der Waals surface area (Å²) >= 11 is 0. The van der Waals surface area contributed by atoms with Crippen LogP contribution in [0.4, 0.5) is 5.69 Å². The second-order valence-electron chi connectivity index (χ2n) is 9.16. The molecule has 1 saturated heterocycles. The van der Waals surface area contributed by atoms with Crippen LogP contribution in [0, 0.1) is 6.92 Å². The zero-order chi connectivity index (χ0) is 22.1. The number of nitrogens with zero attached hydrogens (tertiary/aromatic N) is 1. The number of benzene rings is 2. The summed E-state index contributed by atoms with van der Waals surface area (Å²) in [6.07, 6.45) is 1.51. The average Bonchev–Trinajstić information content (AvgIpc) is 2.67. The van der Waals surface area contributed by atoms with Gasteiger partial charge in [-0.2, -0.15) is 0 Å². The molecule has 1 amide bonds. The molecule has 0 aromatic heterocycles. The molecule has 1 aliphatic rings. The van der Waals surface area contributed by atoms with E-state index in [9.17, 15) is 13.2 Å². The highest BCUT2D eigenvalue weighted by molar-refractivity contribution is 7.92. The third kappa shape index (κ3) is 4.86. The first-order valence-corrected chi connectivity index (χ1v) is 12.1. The Morgan fingerprint density at radius 2 is 1.73 bits per heavy atom. The topological polar surface area (TPSA) is 66.5 Å². The lowest BCUT2D eigenvalue weighted by Crippen LogP contribution is -2.38. The zero-order valence-electron chi connectivity index (χ0n) is 18.5. The van der Waals surface area contributed by atoms with Gasteiger partial charge < -0.3 is 5.32 Å². The third-order valence-electron chi connectivity index (χ3n) is 5.71. The number of hydrogen-bond donors (Lipinski definition) is 1. The molecule has 1 unspecified atom stereocenters. The van der Waals surface area contributed by atoms with Gasteiger partial charge in [-0.25, -0.2) is 8.42 Å². The van der Waals surface area contributed by atoms with Crippen molar-refractivity contribution in [2.75, 3.05) is 16.6 Å². The number of nitrogens with one attached hydrogen (secondary N) is 1. The number of hydrogen-bond acceptors (Lipinski definition) is 3. The molecule has 2 aromatic carbocycles. The van der Waals surface area contributed by atoms with Crippen molar-refractivity contribution in [2.24, 2.45) is 0 Å². The Kier molecular flexibility index (Phi) is 6.27. The number of carbonyl (C=O) groups is 1. The molecule has 1 N–H and O–H groups in total. The Labute approximate surface area is 180 Å². The summed E-state index contributed by atoms with van der Waals surface area (Å²) in [4.78, 5) is 12.9. The van der Waals surface area contributed by atoms with Crippen molar-refractivity contribution < 1.29 is 13.2 Å². The van der Waals surface area contributed by atoms with Gasteiger partial charge in [-0.05, 0) is 60.9 Å². The Morgan fingerprint density at radius 1 is 1.07 bits per heavy atom. The van der Waals surface area contributed by atoms with Crippen LogP contribution in [0.15, 0.2) is 42.5 Å². The van der Waals surface area contributed by atoms with Crippen LogP contribution in [0.3, 0.4) is 0 Å². The second kappa shape index (κ2) is 8.42. The maximum Gasteiger partial charge on any atom is 0.251 e. The summed E-state index contributed by atoms with van der Waals surface area (Å²) in [5, 5.41) is 3.03. The SMILES string of the molecule is Cc1ccc(C(=O)NC(C)c2ccc(C(C)(C)C)cc2)cc1N1CCCCS1(=O)=O. The zero-order valence-corrected chi connectivity index (χ0v) is 19.3. The largest absolute Gasteiger partial charge is 0.346 e. The molecule has 2 aromatic rings. The lowest BCUT2D eigenvalue weighted by Gasteiger charge is -2.29. The maximum atomic E-state index is 12.9. The van der Waals surface area contributed by atoms with Gasteiger partial charge in [0.25, 0.3) is 5.91 Å². The van der Waals surface area contributed by atoms with E-state index in [4.69, 9.17) is 0 Å². The number of carbonyl (C=O) groups excluding carboxylic acids is 1. The summed E-state index contributed by atoms with van der Waals surface area (Å²) < 4.78 is 26.5. The molecule has 5 nitrogen and oxygen atoms in total. The molecule has 1 fully saturated rings. The molecule has 0 radical (unpaired) electrons. The maximum absolute atomic E-state index is 12.9. The predicted molar refractivity (Wildman–Crippen MR) is 123 cm³/mol. The third-order valence-corrected chi connectivity index (χ3v) is 7.57. The van der Waals surface area contributed by atoms with E-state index in [0.717, 1.165) is 17.5 Å². The monoisotopic (exact) mass is 428 g/mol. The number of amides is 1. The molecular formula is C24H32N2O3S. The van der Waals surface area contributed by atoms with Gasteiger partial charge in [-0.15, -0.1) is 0 Å². The van der Waals surface area contributed by atoms with Crippen molar-refractivity contribution in [2.45, 2.75) is 58.9 Å². The molecule has 162 valence electrons. The smallest absolute Gasteiger partial charge is 0.251 e. The van der Waals surface area contributed by atoms with Gasteiger partial charge in [0.15, 0.2) is 0 Å². The van der Waals surface area contributed by atoms with Gasteiger partial charge in [0, 0.05) is 12.1 Å². The van der Waals surface area contributed by atoms with Crippen LogP contribution in [0.25, 0.3) is 0 Å². The normalized spacial score (nSPS) is 17.4. The molecule has 0 aliphatic carbocycles. The lowest BCUT2D eigenvalue weighted by molar-refractivity contribution is 0.0940. The molecule has 30 heavy (non-hydrogen) atoms. The van der Waals surface area contributed by atoms with E-state index < -0.39 is 10.0 Å². The average molecular weight is 429 g/mol. The van der Waals surface area contributed by atoms with Gasteiger partial charge in [-0.1, -0.05) is 51.1 Å². The minimum atomic E-state index is -3.32. The first kappa shape index (κ1) is 22.3. The first-order chi connectivity index (χ1) is 14.0. The molecule has 0 saturated carbocycles. The highest BCUT2D eigenvalue weighted by Gasteiger charge is 2.27. The van der Waals surface area contributed by atoms with E-state index in [1.807, 2.05) is 32.0 Å². The van der Waals surface area contributed by atoms with Gasteiger partial charge in [-0.3, -0.25) is 9.10 Å². The fourth-order valence-corrected chi connectivity index (χ4v) is 5.41. The van der Waals surface area contributed by atoms with Crippen molar-refractivity contribution in [3.05, 3.63) is 64.7 Å². The van der Waals surface area contributed by atoms with Gasteiger partial charge in [0.1, 0.15) is 0 Å². The number of aryl methyl sites for hydroxylation is 1. The van der Waals surface area contributed by atoms with E-state index in [1.54, 1.807) is 12.1 Å². The Morgan fingerprint density at radius 3 is 2.33 bits per heavy atom. The van der Waals surface area contributed by atoms with Gasteiger partial charge in [0.2, 0.25) is 10.0 Å². The quantitative estimate of drug-likeness (QED) is 0.767. The molecular weight excluding hydrogens is 396 g/mol. The van der Waals surface area contributed by atoms with Crippen LogP contribution in [-0.2, 0) is 15.4 Å². The van der Waals surface area contributed by atoms with Gasteiger partial charge in [0.05, 0.1) is 17.5 Å². The molecule has 1 atom stereocenters. The second-order valence-corrected chi connectivity index (χ2v) is 11.2. The standard InChI is InChI=1S/C24H32N2O3S/c1-17-8-9-20(16-22(17)26-14-6-7-15-30(26,28)29)23(27)25-18(2)19-10-12-21(13-11-19)24(3,4)5/h8-13,16,18H,6-7,14-15H2,1-5H3,(H,25,27). The molecule has 6 heteroatoms. The highest BCUT2D eigenvalue weighted by Crippen LogP contribution is 2.28. The van der Waals surface area contributed by atoms with E-state index >= 15 is 0 Å². The molecule has 3 rings (SSSR count). The van der Waals surface area contributed by atoms with Crippen molar-refractivity contribution in [3.8, 4) is 0 Å². The Bertz CT molecular complexity index is 1020. The van der Waals surface area contributed by atoms with Crippen LogP contribution in [-0.4, -0.2) is 26.6 Å². The summed E-state index contributed by atoms with van der Waals surface area (Å²) in [5.74, 6) is -0.0529. The van der Waals surface area contributed by atoms with Crippen molar-refractivity contribution in [3.63, 3.8) is 0 Å². The van der Waals surface area contributed by atoms with Crippen LogP contribution in [0.2, 0.25) is 0 Å². The van der Waals surface area contributed by atoms with Crippen LogP contribution >= 0.6 is 0 Å². The Balaban J connectivity index is 1.79. The molecule has 1 aliphatic heterocycles. The van der Waals surface area contributed by atoms with E-state index in [2.05, 4.69) is 38.2 Å². The fourth-order valence-electron chi connectivity index (χ4n) is 3.71. The fraction of sp³-hybridized carbons (Fsp3) is 0.458. The summed E-state index contributed by atoms with van der Waals surface area (Å²) in [6.45, 7) is 10.8. The summed E-state index contributed by atoms with van der Waals surface area (Å²) in [7, 11) is -3.32. The first-order valence-electron chi connectivity index (χ1n) is 10.5. The molecule has 1 heterocycles. The molecule has 0 bridgehead atoms. The van der Waals surface area contributed by atoms with E-state index in [1.165, 1.54) is 9.87 Å². The number of anilines is 1. The molecule has 0 spiro atoms.